The summed E-state index contributed by atoms with van der Waals surface area (Å²) in [6.45, 7) is 4.19. The Morgan fingerprint density at radius 1 is 1.55 bits per heavy atom. The minimum absolute atomic E-state index is 0.526. The van der Waals surface area contributed by atoms with Crippen molar-refractivity contribution in [2.75, 3.05) is 0 Å². The van der Waals surface area contributed by atoms with Gasteiger partial charge in [-0.05, 0) is 23.3 Å². The second-order valence-electron chi connectivity index (χ2n) is 2.25. The van der Waals surface area contributed by atoms with Crippen LogP contribution < -0.4 is 5.73 Å². The highest BCUT2D eigenvalue weighted by Crippen LogP contribution is 2.16. The molecule has 0 saturated carbocycles. The molecule has 0 heterocycles. The van der Waals surface area contributed by atoms with Gasteiger partial charge in [0.05, 0.1) is 0 Å². The van der Waals surface area contributed by atoms with Gasteiger partial charge in [-0.15, -0.1) is 0 Å². The number of benzene rings is 1. The molecule has 1 aromatic carbocycles. The summed E-state index contributed by atoms with van der Waals surface area (Å²) in [5, 5.41) is 0.720. The lowest BCUT2D eigenvalue weighted by atomic mass is 10.1. The maximum atomic E-state index is 5.76. The molecule has 0 fully saturated rings. The number of rotatable bonds is 2. The van der Waals surface area contributed by atoms with Gasteiger partial charge in [0, 0.05) is 11.6 Å². The molecule has 0 aromatic heterocycles. The highest BCUT2D eigenvalue weighted by molar-refractivity contribution is 6.30. The van der Waals surface area contributed by atoms with Gasteiger partial charge in [-0.1, -0.05) is 30.3 Å². The quantitative estimate of drug-likeness (QED) is 0.720. The van der Waals surface area contributed by atoms with Crippen LogP contribution in [-0.2, 0) is 6.54 Å². The molecule has 1 rings (SSSR count). The fraction of sp³-hybridized carbons (Fsp3) is 0.111. The standard InChI is InChI=1S/C9H10ClN/c1-2-7-5-9(10)4-3-8(7)6-11/h2-5H,1,6,11H2. The van der Waals surface area contributed by atoms with Crippen molar-refractivity contribution in [2.45, 2.75) is 6.54 Å². The summed E-state index contributed by atoms with van der Waals surface area (Å²) in [7, 11) is 0. The Bertz CT molecular complexity index is 268. The zero-order valence-electron chi connectivity index (χ0n) is 6.18. The van der Waals surface area contributed by atoms with Gasteiger partial charge in [-0.25, -0.2) is 0 Å². The van der Waals surface area contributed by atoms with Crippen LogP contribution in [0.4, 0.5) is 0 Å². The molecule has 2 N–H and O–H groups in total. The second kappa shape index (κ2) is 3.56. The van der Waals surface area contributed by atoms with Gasteiger partial charge in [0.2, 0.25) is 0 Å². The molecule has 0 spiro atoms. The van der Waals surface area contributed by atoms with Crippen LogP contribution in [0.1, 0.15) is 11.1 Å². The van der Waals surface area contributed by atoms with Crippen LogP contribution in [0, 0.1) is 0 Å². The lowest BCUT2D eigenvalue weighted by molar-refractivity contribution is 1.07. The molecule has 2 heteroatoms. The molecule has 0 atom stereocenters. The topological polar surface area (TPSA) is 26.0 Å². The van der Waals surface area contributed by atoms with Gasteiger partial charge in [0.1, 0.15) is 0 Å². The van der Waals surface area contributed by atoms with Gasteiger partial charge in [0.25, 0.3) is 0 Å². The molecule has 0 aliphatic heterocycles. The Morgan fingerprint density at radius 2 is 2.27 bits per heavy atom. The van der Waals surface area contributed by atoms with Crippen molar-refractivity contribution < 1.29 is 0 Å². The van der Waals surface area contributed by atoms with Crippen molar-refractivity contribution in [3.8, 4) is 0 Å². The third-order valence-electron chi connectivity index (χ3n) is 1.55. The number of nitrogens with two attached hydrogens (primary N) is 1. The number of hydrogen-bond donors (Lipinski definition) is 1. The zero-order valence-corrected chi connectivity index (χ0v) is 6.93. The van der Waals surface area contributed by atoms with Crippen molar-refractivity contribution >= 4 is 17.7 Å². The largest absolute Gasteiger partial charge is 0.326 e. The van der Waals surface area contributed by atoms with Crippen LogP contribution in [0.15, 0.2) is 24.8 Å². The number of halogens is 1. The Balaban J connectivity index is 3.16. The van der Waals surface area contributed by atoms with E-state index in [4.69, 9.17) is 17.3 Å². The zero-order chi connectivity index (χ0) is 8.27. The van der Waals surface area contributed by atoms with Crippen LogP contribution in [0.2, 0.25) is 5.02 Å². The van der Waals surface area contributed by atoms with E-state index < -0.39 is 0 Å². The summed E-state index contributed by atoms with van der Waals surface area (Å²) in [6.07, 6.45) is 1.76. The van der Waals surface area contributed by atoms with E-state index in [9.17, 15) is 0 Å². The van der Waals surface area contributed by atoms with Gasteiger partial charge in [-0.3, -0.25) is 0 Å². The Hall–Kier alpha value is -0.790. The van der Waals surface area contributed by atoms with Crippen molar-refractivity contribution in [2.24, 2.45) is 5.73 Å². The van der Waals surface area contributed by atoms with Gasteiger partial charge >= 0.3 is 0 Å². The van der Waals surface area contributed by atoms with Crippen molar-refractivity contribution in [3.05, 3.63) is 40.9 Å². The minimum atomic E-state index is 0.526. The first kappa shape index (κ1) is 8.31. The highest BCUT2D eigenvalue weighted by Gasteiger charge is 1.96. The molecule has 11 heavy (non-hydrogen) atoms. The third-order valence-corrected chi connectivity index (χ3v) is 1.78. The maximum absolute atomic E-state index is 5.76. The van der Waals surface area contributed by atoms with E-state index in [0.29, 0.717) is 6.54 Å². The summed E-state index contributed by atoms with van der Waals surface area (Å²) >= 11 is 5.76. The molecule has 1 aromatic rings. The predicted molar refractivity (Wildman–Crippen MR) is 49.4 cm³/mol. The summed E-state index contributed by atoms with van der Waals surface area (Å²) in [6, 6.07) is 5.60. The first-order valence-corrected chi connectivity index (χ1v) is 3.76. The Labute approximate surface area is 71.5 Å². The highest BCUT2D eigenvalue weighted by atomic mass is 35.5. The second-order valence-corrected chi connectivity index (χ2v) is 2.69. The fourth-order valence-electron chi connectivity index (χ4n) is 0.942. The van der Waals surface area contributed by atoms with Gasteiger partial charge < -0.3 is 5.73 Å². The van der Waals surface area contributed by atoms with E-state index in [0.717, 1.165) is 16.1 Å². The molecule has 1 nitrogen and oxygen atoms in total. The molecule has 0 radical (unpaired) electrons. The molecule has 0 bridgehead atoms. The van der Waals surface area contributed by atoms with E-state index in [1.165, 1.54) is 0 Å². The normalized spacial score (nSPS) is 9.64. The first-order valence-electron chi connectivity index (χ1n) is 3.39. The van der Waals surface area contributed by atoms with E-state index in [-0.39, 0.29) is 0 Å². The van der Waals surface area contributed by atoms with Crippen molar-refractivity contribution in [3.63, 3.8) is 0 Å². The average Bonchev–Trinajstić information content (AvgIpc) is 2.04. The predicted octanol–water partition coefficient (Wildman–Crippen LogP) is 2.44. The van der Waals surface area contributed by atoms with E-state index in [1.807, 2.05) is 18.2 Å². The molecule has 0 aliphatic carbocycles. The maximum Gasteiger partial charge on any atom is 0.0412 e. The molecule has 58 valence electrons. The van der Waals surface area contributed by atoms with Crippen LogP contribution in [0.3, 0.4) is 0 Å². The third kappa shape index (κ3) is 1.82. The van der Waals surface area contributed by atoms with Gasteiger partial charge in [-0.2, -0.15) is 0 Å². The molecular weight excluding hydrogens is 158 g/mol. The average molecular weight is 168 g/mol. The van der Waals surface area contributed by atoms with Gasteiger partial charge in [0.15, 0.2) is 0 Å². The summed E-state index contributed by atoms with van der Waals surface area (Å²) in [5.41, 5.74) is 7.57. The van der Waals surface area contributed by atoms with E-state index in [1.54, 1.807) is 6.08 Å². The first-order chi connectivity index (χ1) is 5.27. The van der Waals surface area contributed by atoms with Crippen LogP contribution in [0.25, 0.3) is 6.08 Å². The lowest BCUT2D eigenvalue weighted by Gasteiger charge is -2.02. The summed E-state index contributed by atoms with van der Waals surface area (Å²) in [4.78, 5) is 0. The number of hydrogen-bond acceptors (Lipinski definition) is 1. The summed E-state index contributed by atoms with van der Waals surface area (Å²) < 4.78 is 0. The van der Waals surface area contributed by atoms with E-state index >= 15 is 0 Å². The lowest BCUT2D eigenvalue weighted by Crippen LogP contribution is -1.98. The Morgan fingerprint density at radius 3 is 2.82 bits per heavy atom. The van der Waals surface area contributed by atoms with E-state index in [2.05, 4.69) is 6.58 Å². The molecular formula is C9H10ClN. The SMILES string of the molecule is C=Cc1cc(Cl)ccc1CN. The summed E-state index contributed by atoms with van der Waals surface area (Å²) in [5.74, 6) is 0. The monoisotopic (exact) mass is 167 g/mol. The Kier molecular flexibility index (Phi) is 2.69. The smallest absolute Gasteiger partial charge is 0.0412 e. The van der Waals surface area contributed by atoms with Crippen LogP contribution in [0.5, 0.6) is 0 Å². The molecule has 0 saturated heterocycles. The molecule has 0 aliphatic rings. The fourth-order valence-corrected chi connectivity index (χ4v) is 1.12. The molecule has 0 unspecified atom stereocenters. The van der Waals surface area contributed by atoms with Crippen molar-refractivity contribution in [1.82, 2.24) is 0 Å². The van der Waals surface area contributed by atoms with Crippen LogP contribution in [-0.4, -0.2) is 0 Å². The minimum Gasteiger partial charge on any atom is -0.326 e. The van der Waals surface area contributed by atoms with Crippen LogP contribution >= 0.6 is 11.6 Å². The van der Waals surface area contributed by atoms with Crippen molar-refractivity contribution in [1.29, 1.82) is 0 Å². The molecule has 0 amide bonds.